The van der Waals surface area contributed by atoms with Crippen LogP contribution in [0, 0.1) is 0 Å². The van der Waals surface area contributed by atoms with Gasteiger partial charge in [0.25, 0.3) is 5.91 Å². The van der Waals surface area contributed by atoms with Gasteiger partial charge in [0.1, 0.15) is 0 Å². The lowest BCUT2D eigenvalue weighted by molar-refractivity contribution is 0.0766. The van der Waals surface area contributed by atoms with Gasteiger partial charge in [-0.15, -0.1) is 11.3 Å². The van der Waals surface area contributed by atoms with Crippen LogP contribution in [0.5, 0.6) is 11.5 Å². The molecule has 0 aliphatic carbocycles. The van der Waals surface area contributed by atoms with E-state index in [1.807, 2.05) is 46.4 Å². The standard InChI is InChI=1S/C20H18N2O3S2/c23-20(14-1-3-15-19(10-14)27-11-21-15)22-6-5-18(26-8-7-22)13-2-4-16-17(9-13)25-12-24-16/h1-4,9-11,18H,5-8,12H2/t18-/m0/s1. The van der Waals surface area contributed by atoms with E-state index in [2.05, 4.69) is 17.1 Å². The molecular weight excluding hydrogens is 380 g/mol. The molecule has 1 amide bonds. The number of fused-ring (bicyclic) bond motifs is 2. The average molecular weight is 399 g/mol. The van der Waals surface area contributed by atoms with Gasteiger partial charge in [-0.05, 0) is 42.3 Å². The number of carbonyl (C=O) groups is 1. The van der Waals surface area contributed by atoms with Crippen molar-refractivity contribution in [2.24, 2.45) is 0 Å². The van der Waals surface area contributed by atoms with Gasteiger partial charge in [-0.2, -0.15) is 11.8 Å². The molecule has 5 nitrogen and oxygen atoms in total. The van der Waals surface area contributed by atoms with Crippen molar-refractivity contribution in [2.45, 2.75) is 11.7 Å². The number of amides is 1. The van der Waals surface area contributed by atoms with E-state index in [-0.39, 0.29) is 5.91 Å². The Morgan fingerprint density at radius 2 is 2.04 bits per heavy atom. The maximum atomic E-state index is 13.0. The van der Waals surface area contributed by atoms with E-state index < -0.39 is 0 Å². The number of thioether (sulfide) groups is 1. The summed E-state index contributed by atoms with van der Waals surface area (Å²) in [6, 6.07) is 12.0. The predicted molar refractivity (Wildman–Crippen MR) is 108 cm³/mol. The summed E-state index contributed by atoms with van der Waals surface area (Å²) in [7, 11) is 0. The maximum Gasteiger partial charge on any atom is 0.253 e. The topological polar surface area (TPSA) is 51.7 Å². The average Bonchev–Trinajstić information content (AvgIpc) is 3.29. The zero-order chi connectivity index (χ0) is 18.2. The fraction of sp³-hybridized carbons (Fsp3) is 0.300. The molecule has 5 rings (SSSR count). The molecule has 0 unspecified atom stereocenters. The van der Waals surface area contributed by atoms with E-state index in [0.717, 1.165) is 52.5 Å². The Hall–Kier alpha value is -2.25. The highest BCUT2D eigenvalue weighted by Gasteiger charge is 2.24. The normalized spacial score (nSPS) is 19.3. The van der Waals surface area contributed by atoms with Crippen LogP contribution in [-0.2, 0) is 0 Å². The second-order valence-electron chi connectivity index (χ2n) is 6.59. The number of aromatic nitrogens is 1. The summed E-state index contributed by atoms with van der Waals surface area (Å²) in [5.41, 5.74) is 4.76. The molecule has 0 N–H and O–H groups in total. The Morgan fingerprint density at radius 3 is 3.00 bits per heavy atom. The highest BCUT2D eigenvalue weighted by atomic mass is 32.2. The van der Waals surface area contributed by atoms with Crippen molar-refractivity contribution < 1.29 is 14.3 Å². The zero-order valence-corrected chi connectivity index (χ0v) is 16.2. The fourth-order valence-corrected chi connectivity index (χ4v) is 5.46. The van der Waals surface area contributed by atoms with E-state index in [1.165, 1.54) is 5.56 Å². The quantitative estimate of drug-likeness (QED) is 0.643. The van der Waals surface area contributed by atoms with Crippen molar-refractivity contribution in [3.8, 4) is 11.5 Å². The minimum Gasteiger partial charge on any atom is -0.454 e. The van der Waals surface area contributed by atoms with Crippen molar-refractivity contribution in [3.63, 3.8) is 0 Å². The van der Waals surface area contributed by atoms with Gasteiger partial charge < -0.3 is 14.4 Å². The van der Waals surface area contributed by atoms with Gasteiger partial charge in [-0.1, -0.05) is 6.07 Å². The van der Waals surface area contributed by atoms with Crippen molar-refractivity contribution in [1.29, 1.82) is 0 Å². The first kappa shape index (κ1) is 16.9. The zero-order valence-electron chi connectivity index (χ0n) is 14.6. The van der Waals surface area contributed by atoms with Crippen LogP contribution in [0.3, 0.4) is 0 Å². The van der Waals surface area contributed by atoms with Crippen LogP contribution < -0.4 is 9.47 Å². The first-order valence-corrected chi connectivity index (χ1v) is 10.8. The molecule has 1 saturated heterocycles. The molecule has 3 aromatic rings. The summed E-state index contributed by atoms with van der Waals surface area (Å²) in [4.78, 5) is 19.2. The number of rotatable bonds is 2. The number of hydrogen-bond acceptors (Lipinski definition) is 6. The van der Waals surface area contributed by atoms with Gasteiger partial charge in [0, 0.05) is 29.7 Å². The molecule has 0 saturated carbocycles. The third-order valence-corrected chi connectivity index (χ3v) is 7.10. The predicted octanol–water partition coefficient (Wildman–Crippen LogP) is 4.35. The molecule has 0 spiro atoms. The highest BCUT2D eigenvalue weighted by Crippen LogP contribution is 2.40. The van der Waals surface area contributed by atoms with Crippen LogP contribution in [0.1, 0.15) is 27.6 Å². The third kappa shape index (κ3) is 3.26. The molecule has 7 heteroatoms. The van der Waals surface area contributed by atoms with E-state index in [4.69, 9.17) is 9.47 Å². The molecule has 3 heterocycles. The number of ether oxygens (including phenoxy) is 2. The van der Waals surface area contributed by atoms with Crippen LogP contribution in [0.25, 0.3) is 10.2 Å². The van der Waals surface area contributed by atoms with Gasteiger partial charge in [-0.3, -0.25) is 4.79 Å². The van der Waals surface area contributed by atoms with E-state index >= 15 is 0 Å². The number of hydrogen-bond donors (Lipinski definition) is 0. The number of nitrogens with zero attached hydrogens (tertiary/aromatic N) is 2. The first-order chi connectivity index (χ1) is 13.3. The third-order valence-electron chi connectivity index (χ3n) is 4.98. The molecule has 2 aliphatic heterocycles. The number of carbonyl (C=O) groups excluding carboxylic acids is 1. The van der Waals surface area contributed by atoms with E-state index in [9.17, 15) is 4.79 Å². The summed E-state index contributed by atoms with van der Waals surface area (Å²) in [5, 5.41) is 0.362. The molecule has 27 heavy (non-hydrogen) atoms. The van der Waals surface area contributed by atoms with Crippen LogP contribution in [-0.4, -0.2) is 41.4 Å². The fourth-order valence-electron chi connectivity index (χ4n) is 3.52. The highest BCUT2D eigenvalue weighted by molar-refractivity contribution is 7.99. The largest absolute Gasteiger partial charge is 0.454 e. The Balaban J connectivity index is 1.31. The second-order valence-corrected chi connectivity index (χ2v) is 8.78. The summed E-state index contributed by atoms with van der Waals surface area (Å²) in [5.74, 6) is 2.67. The smallest absolute Gasteiger partial charge is 0.253 e. The first-order valence-electron chi connectivity index (χ1n) is 8.91. The van der Waals surface area contributed by atoms with Gasteiger partial charge in [0.05, 0.1) is 15.7 Å². The Bertz CT molecular complexity index is 1000. The van der Waals surface area contributed by atoms with Crippen LogP contribution >= 0.6 is 23.1 Å². The van der Waals surface area contributed by atoms with Crippen LogP contribution in [0.15, 0.2) is 41.9 Å². The number of benzene rings is 2. The van der Waals surface area contributed by atoms with Gasteiger partial charge in [0.15, 0.2) is 11.5 Å². The number of thiazole rings is 1. The summed E-state index contributed by atoms with van der Waals surface area (Å²) < 4.78 is 12.0. The Kier molecular flexibility index (Phi) is 4.41. The van der Waals surface area contributed by atoms with Crippen molar-refractivity contribution in [3.05, 3.63) is 53.0 Å². The summed E-state index contributed by atoms with van der Waals surface area (Å²) in [6.45, 7) is 1.82. The molecule has 1 fully saturated rings. The Morgan fingerprint density at radius 1 is 1.11 bits per heavy atom. The molecule has 2 aromatic carbocycles. The summed E-state index contributed by atoms with van der Waals surface area (Å²) in [6.07, 6.45) is 0.929. The molecular formula is C20H18N2O3S2. The maximum absolute atomic E-state index is 13.0. The summed E-state index contributed by atoms with van der Waals surface area (Å²) >= 11 is 3.47. The van der Waals surface area contributed by atoms with Crippen molar-refractivity contribution >= 4 is 39.2 Å². The van der Waals surface area contributed by atoms with Crippen molar-refractivity contribution in [1.82, 2.24) is 9.88 Å². The monoisotopic (exact) mass is 398 g/mol. The minimum absolute atomic E-state index is 0.109. The molecule has 1 aromatic heterocycles. The SMILES string of the molecule is O=C(c1ccc2ncsc2c1)N1CCS[C@H](c2ccc3c(c2)OCO3)CC1. The van der Waals surface area contributed by atoms with Crippen molar-refractivity contribution in [2.75, 3.05) is 25.6 Å². The van der Waals surface area contributed by atoms with E-state index in [0.29, 0.717) is 12.0 Å². The lowest BCUT2D eigenvalue weighted by atomic mass is 10.1. The van der Waals surface area contributed by atoms with Crippen LogP contribution in [0.4, 0.5) is 0 Å². The van der Waals surface area contributed by atoms with Gasteiger partial charge >= 0.3 is 0 Å². The second kappa shape index (κ2) is 7.05. The molecule has 0 bridgehead atoms. The van der Waals surface area contributed by atoms with Crippen LogP contribution in [0.2, 0.25) is 0 Å². The minimum atomic E-state index is 0.109. The molecule has 2 aliphatic rings. The lowest BCUT2D eigenvalue weighted by Gasteiger charge is -2.20. The lowest BCUT2D eigenvalue weighted by Crippen LogP contribution is -2.32. The van der Waals surface area contributed by atoms with E-state index in [1.54, 1.807) is 11.3 Å². The molecule has 0 radical (unpaired) electrons. The molecule has 1 atom stereocenters. The van der Waals surface area contributed by atoms with Gasteiger partial charge in [-0.25, -0.2) is 4.98 Å². The molecule has 138 valence electrons. The van der Waals surface area contributed by atoms with Gasteiger partial charge in [0.2, 0.25) is 6.79 Å². The Labute approximate surface area is 165 Å².